The zero-order chi connectivity index (χ0) is 25.0. The van der Waals surface area contributed by atoms with Gasteiger partial charge in [0.2, 0.25) is 17.7 Å². The second-order valence-corrected chi connectivity index (χ2v) is 8.00. The van der Waals surface area contributed by atoms with Crippen molar-refractivity contribution in [3.8, 4) is 0 Å². The van der Waals surface area contributed by atoms with E-state index < -0.39 is 11.9 Å². The highest BCUT2D eigenvalue weighted by atomic mass is 16.6. The van der Waals surface area contributed by atoms with Crippen molar-refractivity contribution in [3.05, 3.63) is 29.3 Å². The Labute approximate surface area is 203 Å². The Morgan fingerprint density at radius 2 is 1.66 bits per heavy atom. The average Bonchev–Trinajstić information content (AvgIpc) is 3.15. The van der Waals surface area contributed by atoms with Crippen LogP contribution in [0.5, 0.6) is 0 Å². The summed E-state index contributed by atoms with van der Waals surface area (Å²) in [6, 6.07) is 4.29. The zero-order valence-electron chi connectivity index (χ0n) is 19.6. The fraction of sp³-hybridized carbons (Fsp3) is 0.565. The van der Waals surface area contributed by atoms with Gasteiger partial charge in [-0.2, -0.15) is 0 Å². The van der Waals surface area contributed by atoms with Gasteiger partial charge in [0.05, 0.1) is 46.2 Å². The number of ether oxygens (including phenoxy) is 4. The van der Waals surface area contributed by atoms with Crippen LogP contribution in [0.25, 0.3) is 0 Å². The summed E-state index contributed by atoms with van der Waals surface area (Å²) in [7, 11) is 0. The summed E-state index contributed by atoms with van der Waals surface area (Å²) in [5.74, 6) is -1.39. The van der Waals surface area contributed by atoms with E-state index in [1.807, 2.05) is 0 Å². The van der Waals surface area contributed by atoms with Gasteiger partial charge in [0.15, 0.2) is 0 Å². The standard InChI is InChI=1S/C23H32N4O8/c24-5-6-32-7-8-33-9-10-34-11-12-35-15-21(29)25-17-1-2-18-16(13-17)14-27(23(18)31)19-3-4-20(28)26-22(19)30/h1-2,13,19H,3-12,14-15,24H2,(H,25,29)(H,26,28,30). The number of piperidine rings is 1. The molecule has 35 heavy (non-hydrogen) atoms. The number of benzene rings is 1. The Kier molecular flexibility index (Phi) is 10.6. The third-order valence-corrected chi connectivity index (χ3v) is 5.42. The van der Waals surface area contributed by atoms with E-state index in [9.17, 15) is 19.2 Å². The molecule has 0 radical (unpaired) electrons. The van der Waals surface area contributed by atoms with Gasteiger partial charge in [-0.1, -0.05) is 0 Å². The van der Waals surface area contributed by atoms with Crippen LogP contribution in [0.3, 0.4) is 0 Å². The molecule has 0 aliphatic carbocycles. The molecule has 0 bridgehead atoms. The molecule has 1 aromatic carbocycles. The SMILES string of the molecule is NCCOCCOCCOCCOCC(=O)Nc1ccc2c(c1)CN(C1CCC(=O)NC1=O)C2=O. The van der Waals surface area contributed by atoms with Crippen molar-refractivity contribution in [2.45, 2.75) is 25.4 Å². The van der Waals surface area contributed by atoms with Gasteiger partial charge >= 0.3 is 0 Å². The van der Waals surface area contributed by atoms with Gasteiger partial charge in [0.1, 0.15) is 12.6 Å². The molecule has 4 amide bonds. The molecule has 1 saturated heterocycles. The summed E-state index contributed by atoms with van der Waals surface area (Å²) in [5, 5.41) is 5.01. The second-order valence-electron chi connectivity index (χ2n) is 8.00. The van der Waals surface area contributed by atoms with Gasteiger partial charge in [0, 0.05) is 30.8 Å². The summed E-state index contributed by atoms with van der Waals surface area (Å²) in [5.41, 5.74) is 7.03. The van der Waals surface area contributed by atoms with Crippen molar-refractivity contribution in [2.75, 3.05) is 64.7 Å². The number of nitrogens with zero attached hydrogens (tertiary/aromatic N) is 1. The molecule has 0 aromatic heterocycles. The van der Waals surface area contributed by atoms with Gasteiger partial charge in [-0.15, -0.1) is 0 Å². The molecule has 1 aromatic rings. The van der Waals surface area contributed by atoms with E-state index in [0.29, 0.717) is 69.4 Å². The lowest BCUT2D eigenvalue weighted by Crippen LogP contribution is -2.52. The maximum atomic E-state index is 12.7. The molecule has 12 heteroatoms. The first-order valence-electron chi connectivity index (χ1n) is 11.6. The smallest absolute Gasteiger partial charge is 0.255 e. The molecule has 12 nitrogen and oxygen atoms in total. The van der Waals surface area contributed by atoms with E-state index >= 15 is 0 Å². The highest BCUT2D eigenvalue weighted by molar-refractivity contribution is 6.05. The number of nitrogens with one attached hydrogen (secondary N) is 2. The maximum absolute atomic E-state index is 12.7. The third kappa shape index (κ3) is 8.08. The van der Waals surface area contributed by atoms with Crippen LogP contribution in [-0.2, 0) is 39.9 Å². The Bertz CT molecular complexity index is 910. The number of carbonyl (C=O) groups excluding carboxylic acids is 4. The van der Waals surface area contributed by atoms with Gasteiger partial charge in [-0.3, -0.25) is 24.5 Å². The largest absolute Gasteiger partial charge is 0.378 e. The van der Waals surface area contributed by atoms with Crippen LogP contribution in [0.4, 0.5) is 5.69 Å². The fourth-order valence-corrected chi connectivity index (χ4v) is 3.76. The first-order valence-corrected chi connectivity index (χ1v) is 11.6. The monoisotopic (exact) mass is 492 g/mol. The molecule has 3 rings (SSSR count). The minimum absolute atomic E-state index is 0.142. The van der Waals surface area contributed by atoms with Crippen molar-refractivity contribution in [1.29, 1.82) is 0 Å². The fourth-order valence-electron chi connectivity index (χ4n) is 3.76. The normalized spacial score (nSPS) is 17.5. The molecule has 2 aliphatic rings. The number of anilines is 1. The Balaban J connectivity index is 1.31. The van der Waals surface area contributed by atoms with E-state index in [1.165, 1.54) is 4.90 Å². The summed E-state index contributed by atoms with van der Waals surface area (Å²) in [4.78, 5) is 49.9. The number of rotatable bonds is 15. The van der Waals surface area contributed by atoms with Crippen molar-refractivity contribution >= 4 is 29.3 Å². The number of nitrogens with two attached hydrogens (primary N) is 1. The lowest BCUT2D eigenvalue weighted by Gasteiger charge is -2.29. The Hall–Kier alpha value is -2.90. The minimum atomic E-state index is -0.678. The van der Waals surface area contributed by atoms with Gasteiger partial charge in [-0.05, 0) is 30.2 Å². The van der Waals surface area contributed by atoms with E-state index in [-0.39, 0.29) is 43.9 Å². The first kappa shape index (κ1) is 26.7. The van der Waals surface area contributed by atoms with Crippen molar-refractivity contribution in [3.63, 3.8) is 0 Å². The van der Waals surface area contributed by atoms with Crippen LogP contribution < -0.4 is 16.4 Å². The molecule has 0 spiro atoms. The number of hydrogen-bond donors (Lipinski definition) is 3. The molecule has 1 fully saturated rings. The molecular weight excluding hydrogens is 460 g/mol. The van der Waals surface area contributed by atoms with E-state index in [0.717, 1.165) is 0 Å². The average molecular weight is 493 g/mol. The number of imide groups is 1. The summed E-state index contributed by atoms with van der Waals surface area (Å²) < 4.78 is 21.2. The molecular formula is C23H32N4O8. The first-order chi connectivity index (χ1) is 17.0. The highest BCUT2D eigenvalue weighted by Gasteiger charge is 2.39. The number of amides is 4. The van der Waals surface area contributed by atoms with Crippen molar-refractivity contribution < 1.29 is 38.1 Å². The molecule has 0 saturated carbocycles. The van der Waals surface area contributed by atoms with Crippen LogP contribution in [0.1, 0.15) is 28.8 Å². The lowest BCUT2D eigenvalue weighted by atomic mass is 10.0. The van der Waals surface area contributed by atoms with Crippen molar-refractivity contribution in [2.24, 2.45) is 5.73 Å². The van der Waals surface area contributed by atoms with Crippen LogP contribution in [0, 0.1) is 0 Å². The molecule has 2 heterocycles. The maximum Gasteiger partial charge on any atom is 0.255 e. The molecule has 4 N–H and O–H groups in total. The number of hydrogen-bond acceptors (Lipinski definition) is 9. The molecule has 2 aliphatic heterocycles. The van der Waals surface area contributed by atoms with Crippen LogP contribution in [0.15, 0.2) is 18.2 Å². The quantitative estimate of drug-likeness (QED) is 0.215. The van der Waals surface area contributed by atoms with Crippen LogP contribution in [-0.4, -0.2) is 94.0 Å². The minimum Gasteiger partial charge on any atom is -0.378 e. The zero-order valence-corrected chi connectivity index (χ0v) is 19.6. The second kappa shape index (κ2) is 13.9. The van der Waals surface area contributed by atoms with Crippen LogP contribution >= 0.6 is 0 Å². The lowest BCUT2D eigenvalue weighted by molar-refractivity contribution is -0.137. The summed E-state index contributed by atoms with van der Waals surface area (Å²) in [6.45, 7) is 3.51. The Morgan fingerprint density at radius 1 is 1.00 bits per heavy atom. The van der Waals surface area contributed by atoms with Gasteiger partial charge in [-0.25, -0.2) is 0 Å². The topological polar surface area (TPSA) is 159 Å². The van der Waals surface area contributed by atoms with Crippen molar-refractivity contribution in [1.82, 2.24) is 10.2 Å². The third-order valence-electron chi connectivity index (χ3n) is 5.42. The predicted octanol–water partition coefficient (Wildman–Crippen LogP) is -0.589. The van der Waals surface area contributed by atoms with Crippen LogP contribution in [0.2, 0.25) is 0 Å². The molecule has 1 atom stereocenters. The van der Waals surface area contributed by atoms with E-state index in [4.69, 9.17) is 24.7 Å². The summed E-state index contributed by atoms with van der Waals surface area (Å²) >= 11 is 0. The summed E-state index contributed by atoms with van der Waals surface area (Å²) in [6.07, 6.45) is 0.494. The van der Waals surface area contributed by atoms with Gasteiger partial charge < -0.3 is 34.9 Å². The Morgan fingerprint density at radius 3 is 2.31 bits per heavy atom. The van der Waals surface area contributed by atoms with E-state index in [1.54, 1.807) is 18.2 Å². The van der Waals surface area contributed by atoms with E-state index in [2.05, 4.69) is 10.6 Å². The molecule has 192 valence electrons. The van der Waals surface area contributed by atoms with Gasteiger partial charge in [0.25, 0.3) is 5.91 Å². The molecule has 1 unspecified atom stereocenters. The number of fused-ring (bicyclic) bond motifs is 1. The highest BCUT2D eigenvalue weighted by Crippen LogP contribution is 2.29. The predicted molar refractivity (Wildman–Crippen MR) is 123 cm³/mol. The number of carbonyl (C=O) groups is 4.